The van der Waals surface area contributed by atoms with Gasteiger partial charge in [0.15, 0.2) is 0 Å². The van der Waals surface area contributed by atoms with Gasteiger partial charge >= 0.3 is 6.03 Å². The normalized spacial score (nSPS) is 10.8. The number of carbonyl (C=O) groups is 1. The van der Waals surface area contributed by atoms with Crippen LogP contribution in [0.4, 0.5) is 4.79 Å². The van der Waals surface area contributed by atoms with Gasteiger partial charge in [0, 0.05) is 35.5 Å². The molecule has 0 aliphatic heterocycles. The van der Waals surface area contributed by atoms with Crippen LogP contribution in [0.3, 0.4) is 0 Å². The lowest BCUT2D eigenvalue weighted by Crippen LogP contribution is -2.36. The molecule has 8 heteroatoms. The highest BCUT2D eigenvalue weighted by Gasteiger charge is 2.17. The smallest absolute Gasteiger partial charge is 0.317 e. The topological polar surface area (TPSA) is 76.2 Å². The lowest BCUT2D eigenvalue weighted by molar-refractivity contribution is 0.206. The van der Waals surface area contributed by atoms with Gasteiger partial charge in [0.2, 0.25) is 0 Å². The minimum absolute atomic E-state index is 0.213. The van der Waals surface area contributed by atoms with Crippen molar-refractivity contribution in [2.75, 3.05) is 7.05 Å². The molecule has 4 rings (SSSR count). The number of hydrogen-bond acceptors (Lipinski definition) is 4. The highest BCUT2D eigenvalue weighted by Crippen LogP contribution is 2.26. The third kappa shape index (κ3) is 4.95. The average molecular weight is 436 g/mol. The summed E-state index contributed by atoms with van der Waals surface area (Å²) in [5, 5.41) is 12.2. The molecule has 0 aliphatic carbocycles. The van der Waals surface area contributed by atoms with E-state index in [1.54, 1.807) is 18.0 Å². The second-order valence-corrected chi connectivity index (χ2v) is 7.67. The van der Waals surface area contributed by atoms with Crippen molar-refractivity contribution < 1.29 is 9.32 Å². The minimum atomic E-state index is -0.213. The standard InChI is InChI=1S/C23H22ClN5O2/c1-16-12-20(27-31-16)13-25-23(30)28(2)14-18-15-29(21-6-4-3-5-7-21)26-22(18)17-8-10-19(24)11-9-17/h3-12,15H,13-14H2,1-2H3,(H,25,30). The maximum atomic E-state index is 12.6. The van der Waals surface area contributed by atoms with Crippen LogP contribution in [0.5, 0.6) is 0 Å². The third-order valence-electron chi connectivity index (χ3n) is 4.78. The molecule has 0 saturated heterocycles. The summed E-state index contributed by atoms with van der Waals surface area (Å²) in [5.74, 6) is 0.707. The summed E-state index contributed by atoms with van der Waals surface area (Å²) in [6.07, 6.45) is 1.95. The van der Waals surface area contributed by atoms with Crippen molar-refractivity contribution in [1.29, 1.82) is 0 Å². The highest BCUT2D eigenvalue weighted by atomic mass is 35.5. The van der Waals surface area contributed by atoms with Crippen LogP contribution in [0.2, 0.25) is 5.02 Å². The average Bonchev–Trinajstić information content (AvgIpc) is 3.39. The first kappa shape index (κ1) is 20.7. The zero-order chi connectivity index (χ0) is 21.8. The fourth-order valence-corrected chi connectivity index (χ4v) is 3.34. The van der Waals surface area contributed by atoms with E-state index in [9.17, 15) is 4.79 Å². The number of nitrogens with one attached hydrogen (secondary N) is 1. The molecule has 158 valence electrons. The Hall–Kier alpha value is -3.58. The molecule has 0 bridgehead atoms. The Morgan fingerprint density at radius 1 is 1.16 bits per heavy atom. The molecular formula is C23H22ClN5O2. The van der Waals surface area contributed by atoms with E-state index in [0.717, 1.165) is 22.5 Å². The van der Waals surface area contributed by atoms with Gasteiger partial charge in [-0.3, -0.25) is 0 Å². The minimum Gasteiger partial charge on any atom is -0.361 e. The van der Waals surface area contributed by atoms with Crippen LogP contribution in [-0.4, -0.2) is 32.9 Å². The van der Waals surface area contributed by atoms with E-state index in [-0.39, 0.29) is 6.03 Å². The molecule has 0 saturated carbocycles. The highest BCUT2D eigenvalue weighted by molar-refractivity contribution is 6.30. The molecule has 31 heavy (non-hydrogen) atoms. The molecule has 2 aromatic heterocycles. The van der Waals surface area contributed by atoms with E-state index in [2.05, 4.69) is 10.5 Å². The maximum absolute atomic E-state index is 12.6. The fraction of sp³-hybridized carbons (Fsp3) is 0.174. The molecule has 2 heterocycles. The van der Waals surface area contributed by atoms with Crippen molar-refractivity contribution in [2.24, 2.45) is 0 Å². The van der Waals surface area contributed by atoms with Crippen LogP contribution in [0.15, 0.2) is 71.4 Å². The molecule has 2 aromatic carbocycles. The molecule has 0 spiro atoms. The van der Waals surface area contributed by atoms with Crippen LogP contribution in [0.25, 0.3) is 16.9 Å². The summed E-state index contributed by atoms with van der Waals surface area (Å²) in [4.78, 5) is 14.2. The van der Waals surface area contributed by atoms with Gasteiger partial charge in [-0.2, -0.15) is 5.10 Å². The van der Waals surface area contributed by atoms with Gasteiger partial charge in [-0.15, -0.1) is 0 Å². The lowest BCUT2D eigenvalue weighted by Gasteiger charge is -2.17. The Kier molecular flexibility index (Phi) is 6.04. The number of urea groups is 1. The van der Waals surface area contributed by atoms with Crippen molar-refractivity contribution >= 4 is 17.6 Å². The van der Waals surface area contributed by atoms with Crippen molar-refractivity contribution in [2.45, 2.75) is 20.0 Å². The van der Waals surface area contributed by atoms with Crippen LogP contribution in [-0.2, 0) is 13.1 Å². The van der Waals surface area contributed by atoms with Gasteiger partial charge in [-0.05, 0) is 31.2 Å². The van der Waals surface area contributed by atoms with Crippen LogP contribution >= 0.6 is 11.6 Å². The first-order valence-electron chi connectivity index (χ1n) is 9.80. The first-order valence-corrected chi connectivity index (χ1v) is 10.2. The number of aromatic nitrogens is 3. The number of para-hydroxylation sites is 1. The number of benzene rings is 2. The maximum Gasteiger partial charge on any atom is 0.317 e. The molecule has 0 radical (unpaired) electrons. The summed E-state index contributed by atoms with van der Waals surface area (Å²) < 4.78 is 6.86. The Morgan fingerprint density at radius 2 is 1.90 bits per heavy atom. The number of amides is 2. The number of carbonyl (C=O) groups excluding carboxylic acids is 1. The third-order valence-corrected chi connectivity index (χ3v) is 5.03. The molecule has 2 amide bonds. The SMILES string of the molecule is Cc1cc(CNC(=O)N(C)Cc2cn(-c3ccccc3)nc2-c2ccc(Cl)cc2)no1. The first-order chi connectivity index (χ1) is 15.0. The van der Waals surface area contributed by atoms with Gasteiger partial charge < -0.3 is 14.7 Å². The zero-order valence-corrected chi connectivity index (χ0v) is 18.0. The quantitative estimate of drug-likeness (QED) is 0.470. The predicted molar refractivity (Wildman–Crippen MR) is 119 cm³/mol. The zero-order valence-electron chi connectivity index (χ0n) is 17.2. The van der Waals surface area contributed by atoms with Crippen molar-refractivity contribution in [1.82, 2.24) is 25.2 Å². The van der Waals surface area contributed by atoms with Gasteiger partial charge in [-0.1, -0.05) is 47.1 Å². The van der Waals surface area contributed by atoms with Crippen molar-refractivity contribution in [3.8, 4) is 16.9 Å². The van der Waals surface area contributed by atoms with Gasteiger partial charge in [0.1, 0.15) is 11.5 Å². The molecule has 0 fully saturated rings. The van der Waals surface area contributed by atoms with E-state index in [0.29, 0.717) is 29.6 Å². The summed E-state index contributed by atoms with van der Waals surface area (Å²) in [6, 6.07) is 19.0. The van der Waals surface area contributed by atoms with Crippen molar-refractivity contribution in [3.63, 3.8) is 0 Å². The summed E-state index contributed by atoms with van der Waals surface area (Å²) in [6.45, 7) is 2.50. The van der Waals surface area contributed by atoms with Gasteiger partial charge in [0.05, 0.1) is 24.5 Å². The fourth-order valence-electron chi connectivity index (χ4n) is 3.22. The monoisotopic (exact) mass is 435 g/mol. The van der Waals surface area contributed by atoms with Crippen molar-refractivity contribution in [3.05, 3.63) is 88.9 Å². The number of hydrogen-bond donors (Lipinski definition) is 1. The number of aryl methyl sites for hydroxylation is 1. The second kappa shape index (κ2) is 9.06. The van der Waals surface area contributed by atoms with E-state index < -0.39 is 0 Å². The lowest BCUT2D eigenvalue weighted by atomic mass is 10.1. The molecule has 0 aliphatic rings. The van der Waals surface area contributed by atoms with E-state index in [4.69, 9.17) is 21.2 Å². The number of rotatable bonds is 6. The largest absolute Gasteiger partial charge is 0.361 e. The Labute approximate surface area is 185 Å². The second-order valence-electron chi connectivity index (χ2n) is 7.23. The number of nitrogens with zero attached hydrogens (tertiary/aromatic N) is 4. The summed E-state index contributed by atoms with van der Waals surface area (Å²) >= 11 is 6.05. The molecule has 0 atom stereocenters. The molecular weight excluding hydrogens is 414 g/mol. The van der Waals surface area contributed by atoms with Gasteiger partial charge in [-0.25, -0.2) is 9.48 Å². The van der Waals surface area contributed by atoms with Crippen LogP contribution < -0.4 is 5.32 Å². The number of halogens is 1. The summed E-state index contributed by atoms with van der Waals surface area (Å²) in [5.41, 5.74) is 4.27. The summed E-state index contributed by atoms with van der Waals surface area (Å²) in [7, 11) is 1.74. The van der Waals surface area contributed by atoms with Crippen LogP contribution in [0.1, 0.15) is 17.0 Å². The molecule has 7 nitrogen and oxygen atoms in total. The van der Waals surface area contributed by atoms with Gasteiger partial charge in [0.25, 0.3) is 0 Å². The Balaban J connectivity index is 1.56. The van der Waals surface area contributed by atoms with E-state index in [1.807, 2.05) is 72.4 Å². The molecule has 0 unspecified atom stereocenters. The Bertz CT molecular complexity index is 1170. The van der Waals surface area contributed by atoms with E-state index >= 15 is 0 Å². The molecule has 1 N–H and O–H groups in total. The predicted octanol–water partition coefficient (Wildman–Crippen LogP) is 4.83. The Morgan fingerprint density at radius 3 is 2.58 bits per heavy atom. The van der Waals surface area contributed by atoms with Crippen LogP contribution in [0, 0.1) is 6.92 Å². The van der Waals surface area contributed by atoms with E-state index in [1.165, 1.54) is 0 Å². The molecule has 4 aromatic rings.